The quantitative estimate of drug-likeness (QED) is 0.473. The van der Waals surface area contributed by atoms with Crippen molar-refractivity contribution in [3.8, 4) is 0 Å². The van der Waals surface area contributed by atoms with E-state index in [1.807, 2.05) is 0 Å². The van der Waals surface area contributed by atoms with E-state index in [-0.39, 0.29) is 5.78 Å². The molecular formula is C16H31NO. The van der Waals surface area contributed by atoms with Crippen LogP contribution in [0.15, 0.2) is 12.2 Å². The van der Waals surface area contributed by atoms with Crippen LogP contribution >= 0.6 is 0 Å². The second-order valence-corrected chi connectivity index (χ2v) is 6.03. The SMILES string of the molecule is C=C(C(=O)CCCCCN)C(CC(C)C)C(C)C. The number of unbranched alkanes of at least 4 members (excludes halogenated alkanes) is 2. The van der Waals surface area contributed by atoms with Crippen LogP contribution in [-0.4, -0.2) is 12.3 Å². The van der Waals surface area contributed by atoms with Gasteiger partial charge in [0.25, 0.3) is 0 Å². The molecule has 106 valence electrons. The van der Waals surface area contributed by atoms with Gasteiger partial charge in [-0.2, -0.15) is 0 Å². The number of nitrogens with two attached hydrogens (primary N) is 1. The van der Waals surface area contributed by atoms with Gasteiger partial charge in [-0.1, -0.05) is 40.7 Å². The minimum Gasteiger partial charge on any atom is -0.330 e. The van der Waals surface area contributed by atoms with Crippen molar-refractivity contribution in [2.75, 3.05) is 6.54 Å². The van der Waals surface area contributed by atoms with Crippen LogP contribution < -0.4 is 5.73 Å². The van der Waals surface area contributed by atoms with Gasteiger partial charge in [-0.3, -0.25) is 4.79 Å². The van der Waals surface area contributed by atoms with Crippen LogP contribution in [0.5, 0.6) is 0 Å². The molecule has 0 fully saturated rings. The third-order valence-electron chi connectivity index (χ3n) is 3.44. The van der Waals surface area contributed by atoms with Gasteiger partial charge in [-0.05, 0) is 49.1 Å². The van der Waals surface area contributed by atoms with E-state index in [0.29, 0.717) is 24.2 Å². The highest BCUT2D eigenvalue weighted by atomic mass is 16.1. The molecule has 0 rings (SSSR count). The summed E-state index contributed by atoms with van der Waals surface area (Å²) < 4.78 is 0. The van der Waals surface area contributed by atoms with Gasteiger partial charge >= 0.3 is 0 Å². The Morgan fingerprint density at radius 3 is 2.17 bits per heavy atom. The Morgan fingerprint density at radius 2 is 1.72 bits per heavy atom. The molecule has 0 aliphatic rings. The molecule has 0 spiro atoms. The first-order valence-electron chi connectivity index (χ1n) is 7.32. The number of ketones is 1. The lowest BCUT2D eigenvalue weighted by Gasteiger charge is -2.24. The molecule has 0 aromatic carbocycles. The van der Waals surface area contributed by atoms with Crippen molar-refractivity contribution in [2.24, 2.45) is 23.5 Å². The molecular weight excluding hydrogens is 222 g/mol. The highest BCUT2D eigenvalue weighted by Gasteiger charge is 2.22. The van der Waals surface area contributed by atoms with Crippen molar-refractivity contribution in [1.29, 1.82) is 0 Å². The lowest BCUT2D eigenvalue weighted by molar-refractivity contribution is -0.116. The second kappa shape index (κ2) is 9.32. The van der Waals surface area contributed by atoms with Crippen molar-refractivity contribution >= 4 is 5.78 Å². The Bertz CT molecular complexity index is 256. The van der Waals surface area contributed by atoms with Crippen LogP contribution in [0.25, 0.3) is 0 Å². The summed E-state index contributed by atoms with van der Waals surface area (Å²) in [6, 6.07) is 0. The first-order chi connectivity index (χ1) is 8.40. The van der Waals surface area contributed by atoms with Gasteiger partial charge in [0.2, 0.25) is 0 Å². The average molecular weight is 253 g/mol. The Hall–Kier alpha value is -0.630. The topological polar surface area (TPSA) is 43.1 Å². The van der Waals surface area contributed by atoms with Crippen molar-refractivity contribution < 1.29 is 4.79 Å². The maximum absolute atomic E-state index is 12.1. The minimum atomic E-state index is 0.256. The van der Waals surface area contributed by atoms with E-state index in [0.717, 1.165) is 37.8 Å². The normalized spacial score (nSPS) is 13.1. The molecule has 0 saturated heterocycles. The second-order valence-electron chi connectivity index (χ2n) is 6.03. The van der Waals surface area contributed by atoms with Crippen LogP contribution in [0.1, 0.15) is 59.8 Å². The number of hydrogen-bond donors (Lipinski definition) is 1. The Morgan fingerprint density at radius 1 is 1.11 bits per heavy atom. The van der Waals surface area contributed by atoms with Crippen molar-refractivity contribution in [2.45, 2.75) is 59.8 Å². The van der Waals surface area contributed by atoms with Crippen LogP contribution in [0.4, 0.5) is 0 Å². The smallest absolute Gasteiger partial charge is 0.158 e. The molecule has 0 aromatic heterocycles. The number of allylic oxidation sites excluding steroid dienone is 1. The minimum absolute atomic E-state index is 0.256. The van der Waals surface area contributed by atoms with Gasteiger partial charge in [0.05, 0.1) is 0 Å². The molecule has 0 radical (unpaired) electrons. The number of Topliss-reactive ketones (excluding diaryl/α,β-unsaturated/α-hetero) is 1. The van der Waals surface area contributed by atoms with Crippen LogP contribution in [0.2, 0.25) is 0 Å². The maximum atomic E-state index is 12.1. The zero-order valence-corrected chi connectivity index (χ0v) is 12.7. The van der Waals surface area contributed by atoms with Crippen LogP contribution in [0.3, 0.4) is 0 Å². The van der Waals surface area contributed by atoms with E-state index in [9.17, 15) is 4.79 Å². The summed E-state index contributed by atoms with van der Waals surface area (Å²) in [4.78, 5) is 12.1. The van der Waals surface area contributed by atoms with E-state index < -0.39 is 0 Å². The molecule has 2 nitrogen and oxygen atoms in total. The molecule has 0 heterocycles. The van der Waals surface area contributed by atoms with Gasteiger partial charge in [0.15, 0.2) is 5.78 Å². The van der Waals surface area contributed by atoms with Crippen LogP contribution in [0, 0.1) is 17.8 Å². The molecule has 0 aromatic rings. The predicted octanol–water partition coefficient (Wildman–Crippen LogP) is 3.95. The summed E-state index contributed by atoms with van der Waals surface area (Å²) >= 11 is 0. The van der Waals surface area contributed by atoms with Crippen molar-refractivity contribution in [3.05, 3.63) is 12.2 Å². The predicted molar refractivity (Wildman–Crippen MR) is 79.5 cm³/mol. The van der Waals surface area contributed by atoms with E-state index >= 15 is 0 Å². The molecule has 2 N–H and O–H groups in total. The van der Waals surface area contributed by atoms with Gasteiger partial charge < -0.3 is 5.73 Å². The summed E-state index contributed by atoms with van der Waals surface area (Å²) in [6.45, 7) is 13.5. The van der Waals surface area contributed by atoms with Crippen LogP contribution in [-0.2, 0) is 4.79 Å². The number of rotatable bonds is 10. The lowest BCUT2D eigenvalue weighted by atomic mass is 9.80. The Kier molecular flexibility index (Phi) is 8.99. The summed E-state index contributed by atoms with van der Waals surface area (Å²) in [5.74, 6) is 1.70. The molecule has 0 aliphatic heterocycles. The number of carbonyl (C=O) groups excluding carboxylic acids is 1. The summed E-state index contributed by atoms with van der Waals surface area (Å²) in [5.41, 5.74) is 6.28. The highest BCUT2D eigenvalue weighted by molar-refractivity contribution is 5.95. The first-order valence-corrected chi connectivity index (χ1v) is 7.32. The highest BCUT2D eigenvalue weighted by Crippen LogP contribution is 2.28. The van der Waals surface area contributed by atoms with Gasteiger partial charge in [-0.25, -0.2) is 0 Å². The maximum Gasteiger partial charge on any atom is 0.158 e. The van der Waals surface area contributed by atoms with Gasteiger partial charge in [-0.15, -0.1) is 0 Å². The van der Waals surface area contributed by atoms with Crippen molar-refractivity contribution in [1.82, 2.24) is 0 Å². The first kappa shape index (κ1) is 17.4. The zero-order valence-electron chi connectivity index (χ0n) is 12.7. The Balaban J connectivity index is 4.26. The molecule has 1 unspecified atom stereocenters. The monoisotopic (exact) mass is 253 g/mol. The summed E-state index contributed by atoms with van der Waals surface area (Å²) in [6.07, 6.45) is 4.71. The molecule has 1 atom stereocenters. The molecule has 0 aliphatic carbocycles. The van der Waals surface area contributed by atoms with E-state index in [1.165, 1.54) is 0 Å². The van der Waals surface area contributed by atoms with Gasteiger partial charge in [0, 0.05) is 6.42 Å². The fourth-order valence-electron chi connectivity index (χ4n) is 2.30. The van der Waals surface area contributed by atoms with E-state index in [2.05, 4.69) is 34.3 Å². The largest absolute Gasteiger partial charge is 0.330 e. The molecule has 0 bridgehead atoms. The van der Waals surface area contributed by atoms with E-state index in [1.54, 1.807) is 0 Å². The number of carbonyl (C=O) groups is 1. The lowest BCUT2D eigenvalue weighted by Crippen LogP contribution is -2.19. The molecule has 18 heavy (non-hydrogen) atoms. The fraction of sp³-hybridized carbons (Fsp3) is 0.812. The summed E-state index contributed by atoms with van der Waals surface area (Å²) in [7, 11) is 0. The van der Waals surface area contributed by atoms with E-state index in [4.69, 9.17) is 5.73 Å². The fourth-order valence-corrected chi connectivity index (χ4v) is 2.30. The molecule has 2 heteroatoms. The number of hydrogen-bond acceptors (Lipinski definition) is 2. The molecule has 0 amide bonds. The Labute approximate surface area is 113 Å². The van der Waals surface area contributed by atoms with Crippen molar-refractivity contribution in [3.63, 3.8) is 0 Å². The molecule has 0 saturated carbocycles. The standard InChI is InChI=1S/C16H31NO/c1-12(2)11-15(13(3)4)14(5)16(18)9-7-6-8-10-17/h12-13,15H,5-11,17H2,1-4H3. The third-order valence-corrected chi connectivity index (χ3v) is 3.44. The zero-order chi connectivity index (χ0) is 14.1. The third kappa shape index (κ3) is 6.95. The summed E-state index contributed by atoms with van der Waals surface area (Å²) in [5, 5.41) is 0. The van der Waals surface area contributed by atoms with Gasteiger partial charge in [0.1, 0.15) is 0 Å². The average Bonchev–Trinajstić information content (AvgIpc) is 2.30.